The summed E-state index contributed by atoms with van der Waals surface area (Å²) in [6, 6.07) is 8.75. The number of hydrogen-bond acceptors (Lipinski definition) is 5. The second-order valence-corrected chi connectivity index (χ2v) is 8.80. The van der Waals surface area contributed by atoms with E-state index in [0.717, 1.165) is 17.6 Å². The van der Waals surface area contributed by atoms with E-state index in [0.29, 0.717) is 15.3 Å². The molecule has 2 aromatic carbocycles. The van der Waals surface area contributed by atoms with Crippen LogP contribution in [0.1, 0.15) is 5.56 Å². The molecule has 0 aliphatic heterocycles. The van der Waals surface area contributed by atoms with E-state index in [9.17, 15) is 17.6 Å². The van der Waals surface area contributed by atoms with Gasteiger partial charge in [-0.15, -0.1) is 0 Å². The summed E-state index contributed by atoms with van der Waals surface area (Å²) in [4.78, 5) is 16.5. The number of nitrogens with zero attached hydrogens (tertiary/aromatic N) is 1. The van der Waals surface area contributed by atoms with E-state index < -0.39 is 21.6 Å². The van der Waals surface area contributed by atoms with Gasteiger partial charge < -0.3 is 5.32 Å². The molecule has 1 N–H and O–H groups in total. The van der Waals surface area contributed by atoms with Gasteiger partial charge in [-0.05, 0) is 30.3 Å². The highest BCUT2D eigenvalue weighted by Crippen LogP contribution is 2.28. The lowest BCUT2D eigenvalue weighted by atomic mass is 10.1. The van der Waals surface area contributed by atoms with Crippen molar-refractivity contribution in [1.82, 2.24) is 4.98 Å². The van der Waals surface area contributed by atoms with Crippen LogP contribution in [0.3, 0.4) is 0 Å². The normalized spacial score (nSPS) is 11.6. The number of anilines is 1. The van der Waals surface area contributed by atoms with Crippen molar-refractivity contribution in [3.63, 3.8) is 0 Å². The number of benzene rings is 2. The molecular formula is C16H12ClFN2O3S2. The van der Waals surface area contributed by atoms with E-state index in [2.05, 4.69) is 10.3 Å². The average molecular weight is 399 g/mol. The second-order valence-electron chi connectivity index (χ2n) is 5.35. The Morgan fingerprint density at radius 2 is 2.08 bits per heavy atom. The minimum atomic E-state index is -3.32. The Balaban J connectivity index is 1.82. The van der Waals surface area contributed by atoms with Crippen LogP contribution < -0.4 is 5.32 Å². The maximum atomic E-state index is 13.7. The molecule has 25 heavy (non-hydrogen) atoms. The van der Waals surface area contributed by atoms with Gasteiger partial charge in [0.1, 0.15) is 5.82 Å². The highest BCUT2D eigenvalue weighted by Gasteiger charge is 2.15. The molecule has 5 nitrogen and oxygen atoms in total. The molecule has 0 saturated heterocycles. The van der Waals surface area contributed by atoms with Gasteiger partial charge in [-0.25, -0.2) is 17.8 Å². The van der Waals surface area contributed by atoms with Gasteiger partial charge in [0.25, 0.3) is 0 Å². The van der Waals surface area contributed by atoms with Crippen LogP contribution in [0, 0.1) is 5.82 Å². The highest BCUT2D eigenvalue weighted by atomic mass is 35.5. The number of aromatic nitrogens is 1. The summed E-state index contributed by atoms with van der Waals surface area (Å²) in [7, 11) is -3.32. The SMILES string of the molecule is CS(=O)(=O)c1ccc2nc(NC(=O)Cc3c(F)cccc3Cl)sc2c1. The van der Waals surface area contributed by atoms with Gasteiger partial charge >= 0.3 is 0 Å². The van der Waals surface area contributed by atoms with Crippen LogP contribution in [0.2, 0.25) is 5.02 Å². The van der Waals surface area contributed by atoms with Gasteiger partial charge in [-0.1, -0.05) is 29.0 Å². The molecule has 0 bridgehead atoms. The van der Waals surface area contributed by atoms with Crippen molar-refractivity contribution in [1.29, 1.82) is 0 Å². The largest absolute Gasteiger partial charge is 0.302 e. The fraction of sp³-hybridized carbons (Fsp3) is 0.125. The third-order valence-electron chi connectivity index (χ3n) is 3.43. The molecule has 0 saturated carbocycles. The first kappa shape index (κ1) is 17.8. The van der Waals surface area contributed by atoms with Crippen LogP contribution in [0.5, 0.6) is 0 Å². The number of nitrogens with one attached hydrogen (secondary N) is 1. The van der Waals surface area contributed by atoms with Crippen molar-refractivity contribution in [2.45, 2.75) is 11.3 Å². The molecule has 0 atom stereocenters. The third kappa shape index (κ3) is 3.97. The number of rotatable bonds is 4. The summed E-state index contributed by atoms with van der Waals surface area (Å²) < 4.78 is 37.6. The molecule has 9 heteroatoms. The van der Waals surface area contributed by atoms with Crippen LogP contribution in [-0.2, 0) is 21.1 Å². The Morgan fingerprint density at radius 1 is 1.32 bits per heavy atom. The Bertz CT molecular complexity index is 1060. The monoisotopic (exact) mass is 398 g/mol. The van der Waals surface area contributed by atoms with Crippen LogP contribution >= 0.6 is 22.9 Å². The first-order valence-corrected chi connectivity index (χ1v) is 10.2. The zero-order chi connectivity index (χ0) is 18.2. The Morgan fingerprint density at radius 3 is 2.76 bits per heavy atom. The zero-order valence-corrected chi connectivity index (χ0v) is 15.3. The predicted octanol–water partition coefficient (Wildman–Crippen LogP) is 3.67. The quantitative estimate of drug-likeness (QED) is 0.727. The number of sulfone groups is 1. The summed E-state index contributed by atoms with van der Waals surface area (Å²) in [5.41, 5.74) is 0.679. The topological polar surface area (TPSA) is 76.1 Å². The minimum absolute atomic E-state index is 0.113. The van der Waals surface area contributed by atoms with Crippen molar-refractivity contribution in [2.24, 2.45) is 0 Å². The van der Waals surface area contributed by atoms with Crippen LogP contribution in [-0.4, -0.2) is 25.6 Å². The lowest BCUT2D eigenvalue weighted by Crippen LogP contribution is -2.15. The fourth-order valence-electron chi connectivity index (χ4n) is 2.21. The summed E-state index contributed by atoms with van der Waals surface area (Å²) in [6.45, 7) is 0. The minimum Gasteiger partial charge on any atom is -0.302 e. The third-order valence-corrected chi connectivity index (χ3v) is 5.83. The number of halogens is 2. The Hall–Kier alpha value is -2.03. The van der Waals surface area contributed by atoms with E-state index in [-0.39, 0.29) is 21.9 Å². The molecule has 0 spiro atoms. The second kappa shape index (κ2) is 6.70. The number of hydrogen-bond donors (Lipinski definition) is 1. The van der Waals surface area contributed by atoms with Crippen LogP contribution in [0.25, 0.3) is 10.2 Å². The summed E-state index contributed by atoms with van der Waals surface area (Å²) in [6.07, 6.45) is 0.895. The highest BCUT2D eigenvalue weighted by molar-refractivity contribution is 7.90. The Labute approximate surface area is 152 Å². The molecular weight excluding hydrogens is 387 g/mol. The van der Waals surface area contributed by atoms with Crippen molar-refractivity contribution < 1.29 is 17.6 Å². The molecule has 0 radical (unpaired) electrons. The van der Waals surface area contributed by atoms with Gasteiger partial charge in [0.05, 0.1) is 21.5 Å². The van der Waals surface area contributed by atoms with Gasteiger partial charge in [0, 0.05) is 16.8 Å². The van der Waals surface area contributed by atoms with E-state index in [1.807, 2.05) is 0 Å². The molecule has 3 rings (SSSR count). The number of amides is 1. The van der Waals surface area contributed by atoms with Crippen LogP contribution in [0.4, 0.5) is 9.52 Å². The molecule has 1 heterocycles. The van der Waals surface area contributed by atoms with E-state index in [1.54, 1.807) is 6.07 Å². The smallest absolute Gasteiger partial charge is 0.230 e. The number of carbonyl (C=O) groups is 1. The van der Waals surface area contributed by atoms with Crippen molar-refractivity contribution in [3.05, 3.63) is 52.8 Å². The van der Waals surface area contributed by atoms with E-state index >= 15 is 0 Å². The molecule has 0 fully saturated rings. The van der Waals surface area contributed by atoms with E-state index in [1.165, 1.54) is 30.3 Å². The molecule has 1 amide bonds. The van der Waals surface area contributed by atoms with Gasteiger partial charge in [-0.2, -0.15) is 0 Å². The van der Waals surface area contributed by atoms with Gasteiger partial charge in [0.2, 0.25) is 5.91 Å². The summed E-state index contributed by atoms with van der Waals surface area (Å²) in [5.74, 6) is -1.01. The molecule has 0 unspecified atom stereocenters. The first-order chi connectivity index (χ1) is 11.7. The number of fused-ring (bicyclic) bond motifs is 1. The van der Waals surface area contributed by atoms with Crippen molar-refractivity contribution in [3.8, 4) is 0 Å². The van der Waals surface area contributed by atoms with Gasteiger partial charge in [0.15, 0.2) is 15.0 Å². The van der Waals surface area contributed by atoms with Crippen molar-refractivity contribution >= 4 is 54.0 Å². The van der Waals surface area contributed by atoms with Gasteiger partial charge in [-0.3, -0.25) is 4.79 Å². The molecule has 0 aliphatic carbocycles. The maximum Gasteiger partial charge on any atom is 0.230 e. The lowest BCUT2D eigenvalue weighted by molar-refractivity contribution is -0.115. The molecule has 130 valence electrons. The standard InChI is InChI=1S/C16H12ClFN2O3S2/c1-25(22,23)9-5-6-13-14(7-9)24-16(19-13)20-15(21)8-10-11(17)3-2-4-12(10)18/h2-7H,8H2,1H3,(H,19,20,21). The predicted molar refractivity (Wildman–Crippen MR) is 96.5 cm³/mol. The fourth-order valence-corrected chi connectivity index (χ4v) is 4.09. The average Bonchev–Trinajstić information content (AvgIpc) is 2.91. The number of carbonyl (C=O) groups excluding carboxylic acids is 1. The number of thiazole rings is 1. The van der Waals surface area contributed by atoms with E-state index in [4.69, 9.17) is 11.6 Å². The lowest BCUT2D eigenvalue weighted by Gasteiger charge is -2.05. The van der Waals surface area contributed by atoms with Crippen molar-refractivity contribution in [2.75, 3.05) is 11.6 Å². The molecule has 1 aromatic heterocycles. The maximum absolute atomic E-state index is 13.7. The molecule has 3 aromatic rings. The summed E-state index contributed by atoms with van der Waals surface area (Å²) >= 11 is 7.05. The van der Waals surface area contributed by atoms with Crippen LogP contribution in [0.15, 0.2) is 41.3 Å². The first-order valence-electron chi connectivity index (χ1n) is 7.07. The zero-order valence-electron chi connectivity index (χ0n) is 12.9. The Kier molecular flexibility index (Phi) is 4.77. The molecule has 0 aliphatic rings. The summed E-state index contributed by atoms with van der Waals surface area (Å²) in [5, 5.41) is 3.07.